The molecule has 3 heterocycles. The van der Waals surface area contributed by atoms with Crippen LogP contribution in [0, 0.1) is 5.92 Å². The molecule has 2 aromatic heterocycles. The molecule has 1 fully saturated rings. The van der Waals surface area contributed by atoms with Crippen LogP contribution >= 0.6 is 11.3 Å². The van der Waals surface area contributed by atoms with Gasteiger partial charge in [-0.05, 0) is 44.4 Å². The lowest BCUT2D eigenvalue weighted by atomic mass is 9.76. The van der Waals surface area contributed by atoms with Crippen molar-refractivity contribution in [2.45, 2.75) is 63.2 Å². The number of fused-ring (bicyclic) bond motifs is 1. The van der Waals surface area contributed by atoms with Crippen molar-refractivity contribution in [2.24, 2.45) is 13.0 Å². The summed E-state index contributed by atoms with van der Waals surface area (Å²) in [5.41, 5.74) is -0.438. The molecule has 4 rings (SSSR count). The molecular formula is C24H32F4N4O3S. The van der Waals surface area contributed by atoms with Crippen molar-refractivity contribution < 1.29 is 31.8 Å². The summed E-state index contributed by atoms with van der Waals surface area (Å²) in [5.74, 6) is 0.771. The number of ketones is 1. The molecule has 0 radical (unpaired) electrons. The van der Waals surface area contributed by atoms with Gasteiger partial charge in [-0.3, -0.25) is 9.48 Å². The Morgan fingerprint density at radius 3 is 2.67 bits per heavy atom. The first-order valence-electron chi connectivity index (χ1n) is 12.3. The number of nitrogens with zero attached hydrogens (tertiary/aromatic N) is 4. The number of hydrogen-bond donors (Lipinski definition) is 0. The smallest absolute Gasteiger partial charge is 0.422 e. The molecule has 1 aliphatic heterocycles. The maximum atomic E-state index is 15.5. The van der Waals surface area contributed by atoms with Gasteiger partial charge in [0.1, 0.15) is 12.3 Å². The van der Waals surface area contributed by atoms with Gasteiger partial charge in [-0.2, -0.15) is 18.3 Å². The summed E-state index contributed by atoms with van der Waals surface area (Å²) >= 11 is 1.17. The lowest BCUT2D eigenvalue weighted by Crippen LogP contribution is -2.36. The number of hydrogen-bond acceptors (Lipinski definition) is 7. The van der Waals surface area contributed by atoms with E-state index in [1.165, 1.54) is 11.3 Å². The van der Waals surface area contributed by atoms with Gasteiger partial charge in [0.15, 0.2) is 18.1 Å². The summed E-state index contributed by atoms with van der Waals surface area (Å²) in [5, 5.41) is 4.06. The number of Topliss-reactive ketones (excluding diaryl/α,β-unsaturated/α-hetero) is 1. The number of ether oxygens (including phenoxy) is 2. The summed E-state index contributed by atoms with van der Waals surface area (Å²) in [6, 6.07) is 0. The highest BCUT2D eigenvalue weighted by Crippen LogP contribution is 2.39. The Morgan fingerprint density at radius 1 is 1.22 bits per heavy atom. The van der Waals surface area contributed by atoms with Crippen LogP contribution in [0.1, 0.15) is 49.1 Å². The SMILES string of the molecule is Cn1cc(OCC(=O)CC2CCC(F)(CCN3CCc4nc(OCC(F)(F)F)sc4CC3)CC2)cn1. The van der Waals surface area contributed by atoms with E-state index in [1.54, 1.807) is 24.1 Å². The summed E-state index contributed by atoms with van der Waals surface area (Å²) in [6.45, 7) is 0.718. The zero-order valence-corrected chi connectivity index (χ0v) is 21.2. The van der Waals surface area contributed by atoms with Crippen molar-refractivity contribution >= 4 is 17.1 Å². The number of carbonyl (C=O) groups is 1. The molecule has 36 heavy (non-hydrogen) atoms. The molecule has 0 saturated heterocycles. The first kappa shape index (κ1) is 26.8. The van der Waals surface area contributed by atoms with Crippen LogP contribution in [0.3, 0.4) is 0 Å². The zero-order chi connectivity index (χ0) is 25.8. The van der Waals surface area contributed by atoms with Crippen molar-refractivity contribution in [3.05, 3.63) is 23.0 Å². The minimum absolute atomic E-state index is 0.00815. The van der Waals surface area contributed by atoms with Crippen LogP contribution in [0.5, 0.6) is 10.9 Å². The predicted molar refractivity (Wildman–Crippen MR) is 126 cm³/mol. The van der Waals surface area contributed by atoms with Crippen LogP contribution < -0.4 is 9.47 Å². The van der Waals surface area contributed by atoms with Crippen LogP contribution in [0.25, 0.3) is 0 Å². The average molecular weight is 533 g/mol. The lowest BCUT2D eigenvalue weighted by Gasteiger charge is -2.35. The largest absolute Gasteiger partial charge is 0.483 e. The highest BCUT2D eigenvalue weighted by molar-refractivity contribution is 7.13. The molecule has 1 aliphatic carbocycles. The number of thiazole rings is 1. The molecule has 0 bridgehead atoms. The van der Waals surface area contributed by atoms with Crippen molar-refractivity contribution in [2.75, 3.05) is 32.8 Å². The highest BCUT2D eigenvalue weighted by atomic mass is 32.1. The third-order valence-corrected chi connectivity index (χ3v) is 7.98. The van der Waals surface area contributed by atoms with E-state index in [1.807, 2.05) is 0 Å². The van der Waals surface area contributed by atoms with Crippen LogP contribution in [-0.4, -0.2) is 70.1 Å². The van der Waals surface area contributed by atoms with Gasteiger partial charge >= 0.3 is 6.18 Å². The Balaban J connectivity index is 1.15. The number of aryl methyl sites for hydroxylation is 1. The fourth-order valence-corrected chi connectivity index (χ4v) is 5.78. The van der Waals surface area contributed by atoms with Crippen molar-refractivity contribution in [3.8, 4) is 10.9 Å². The molecule has 0 aromatic carbocycles. The molecule has 12 heteroatoms. The van der Waals surface area contributed by atoms with E-state index in [4.69, 9.17) is 9.47 Å². The molecule has 0 amide bonds. The first-order chi connectivity index (χ1) is 17.1. The average Bonchev–Trinajstić information content (AvgIpc) is 3.37. The van der Waals surface area contributed by atoms with Gasteiger partial charge in [0.2, 0.25) is 0 Å². The molecule has 200 valence electrons. The van der Waals surface area contributed by atoms with E-state index in [9.17, 15) is 18.0 Å². The van der Waals surface area contributed by atoms with Crippen molar-refractivity contribution in [1.82, 2.24) is 19.7 Å². The molecule has 0 unspecified atom stereocenters. The standard InChI is InChI=1S/C24H32F4N4O3S/c1-31-14-19(13-29-31)34-15-18(33)12-17-2-6-23(25,7-3-17)8-11-32-9-4-20-21(5-10-32)36-22(30-20)35-16-24(26,27)28/h13-14,17H,2-12,15-16H2,1H3. The normalized spacial score (nSPS) is 23.2. The van der Waals surface area contributed by atoms with E-state index < -0.39 is 18.5 Å². The lowest BCUT2D eigenvalue weighted by molar-refractivity contribution is -0.153. The minimum Gasteiger partial charge on any atom is -0.483 e. The zero-order valence-electron chi connectivity index (χ0n) is 20.4. The molecule has 0 N–H and O–H groups in total. The monoisotopic (exact) mass is 532 g/mol. The summed E-state index contributed by atoms with van der Waals surface area (Å²) in [6.07, 6.45) is 3.32. The molecule has 0 atom stereocenters. The maximum Gasteiger partial charge on any atom is 0.422 e. The predicted octanol–water partition coefficient (Wildman–Crippen LogP) is 4.55. The molecule has 0 spiro atoms. The van der Waals surface area contributed by atoms with Crippen molar-refractivity contribution in [3.63, 3.8) is 0 Å². The van der Waals surface area contributed by atoms with Crippen molar-refractivity contribution in [1.29, 1.82) is 0 Å². The highest BCUT2D eigenvalue weighted by Gasteiger charge is 2.36. The van der Waals surface area contributed by atoms with Gasteiger partial charge < -0.3 is 14.4 Å². The summed E-state index contributed by atoms with van der Waals surface area (Å²) in [4.78, 5) is 19.7. The second-order valence-electron chi connectivity index (χ2n) is 9.82. The van der Waals surface area contributed by atoms with Gasteiger partial charge in [-0.15, -0.1) is 0 Å². The third-order valence-electron chi connectivity index (χ3n) is 6.91. The number of aromatic nitrogens is 3. The Hall–Kier alpha value is -2.21. The van der Waals surface area contributed by atoms with Crippen LogP contribution in [-0.2, 0) is 24.7 Å². The second kappa shape index (κ2) is 11.5. The van der Waals surface area contributed by atoms with Gasteiger partial charge in [0, 0.05) is 44.4 Å². The molecule has 1 saturated carbocycles. The minimum atomic E-state index is -4.38. The quantitative estimate of drug-likeness (QED) is 0.419. The van der Waals surface area contributed by atoms with E-state index in [0.717, 1.165) is 17.1 Å². The topological polar surface area (TPSA) is 69.5 Å². The first-order valence-corrected chi connectivity index (χ1v) is 13.1. The number of halogens is 4. The second-order valence-corrected chi connectivity index (χ2v) is 10.9. The molecule has 7 nitrogen and oxygen atoms in total. The third kappa shape index (κ3) is 7.89. The Bertz CT molecular complexity index is 992. The number of alkyl halides is 4. The summed E-state index contributed by atoms with van der Waals surface area (Å²) in [7, 11) is 1.78. The van der Waals surface area contributed by atoms with Gasteiger partial charge in [-0.1, -0.05) is 11.3 Å². The Labute approximate surface area is 211 Å². The van der Waals surface area contributed by atoms with Gasteiger partial charge in [0.25, 0.3) is 5.19 Å². The number of carbonyl (C=O) groups excluding carboxylic acids is 1. The number of rotatable bonds is 10. The maximum absolute atomic E-state index is 15.5. The van der Waals surface area contributed by atoms with Crippen LogP contribution in [0.2, 0.25) is 0 Å². The molecule has 2 aromatic rings. The fraction of sp³-hybridized carbons (Fsp3) is 0.708. The van der Waals surface area contributed by atoms with Crippen LogP contribution in [0.15, 0.2) is 12.4 Å². The van der Waals surface area contributed by atoms with Gasteiger partial charge in [-0.25, -0.2) is 9.37 Å². The molecular weight excluding hydrogens is 500 g/mol. The summed E-state index contributed by atoms with van der Waals surface area (Å²) < 4.78 is 64.5. The Morgan fingerprint density at radius 2 is 1.97 bits per heavy atom. The van der Waals surface area contributed by atoms with E-state index in [-0.39, 0.29) is 23.5 Å². The molecule has 2 aliphatic rings. The fourth-order valence-electron chi connectivity index (χ4n) is 4.84. The Kier molecular flexibility index (Phi) is 8.54. The van der Waals surface area contributed by atoms with E-state index >= 15 is 4.39 Å². The van der Waals surface area contributed by atoms with Gasteiger partial charge in [0.05, 0.1) is 18.1 Å². The van der Waals surface area contributed by atoms with Crippen LogP contribution in [0.4, 0.5) is 17.6 Å². The van der Waals surface area contributed by atoms with E-state index in [2.05, 4.69) is 15.0 Å². The van der Waals surface area contributed by atoms with E-state index in [0.29, 0.717) is 70.2 Å².